The van der Waals surface area contributed by atoms with Gasteiger partial charge < -0.3 is 19.9 Å². The molecule has 20 heavy (non-hydrogen) atoms. The van der Waals surface area contributed by atoms with E-state index in [1.807, 2.05) is 19.2 Å². The Morgan fingerprint density at radius 3 is 2.55 bits per heavy atom. The van der Waals surface area contributed by atoms with Crippen molar-refractivity contribution in [2.24, 2.45) is 0 Å². The van der Waals surface area contributed by atoms with Gasteiger partial charge in [0.1, 0.15) is 0 Å². The van der Waals surface area contributed by atoms with Crippen LogP contribution in [0.15, 0.2) is 18.2 Å². The molecule has 4 heteroatoms. The Morgan fingerprint density at radius 1 is 1.15 bits per heavy atom. The molecule has 0 radical (unpaired) electrons. The second-order valence-electron chi connectivity index (χ2n) is 4.91. The van der Waals surface area contributed by atoms with Crippen molar-refractivity contribution in [2.75, 3.05) is 27.4 Å². The van der Waals surface area contributed by atoms with Crippen LogP contribution in [0.3, 0.4) is 0 Å². The van der Waals surface area contributed by atoms with E-state index in [-0.39, 0.29) is 12.6 Å². The molecule has 1 atom stereocenters. The average Bonchev–Trinajstić information content (AvgIpc) is 2.50. The molecule has 1 rings (SSSR count). The highest BCUT2D eigenvalue weighted by molar-refractivity contribution is 5.43. The molecule has 114 valence electrons. The molecule has 0 aromatic heterocycles. The smallest absolute Gasteiger partial charge is 0.161 e. The third-order valence-corrected chi connectivity index (χ3v) is 3.43. The second-order valence-corrected chi connectivity index (χ2v) is 4.91. The number of hydrogen-bond acceptors (Lipinski definition) is 4. The molecule has 0 spiro atoms. The molecular weight excluding hydrogens is 254 g/mol. The molecule has 1 aromatic rings. The lowest BCUT2D eigenvalue weighted by Gasteiger charge is -2.15. The Morgan fingerprint density at radius 2 is 1.90 bits per heavy atom. The van der Waals surface area contributed by atoms with E-state index >= 15 is 0 Å². The predicted octanol–water partition coefficient (Wildman–Crippen LogP) is 2.91. The van der Waals surface area contributed by atoms with E-state index < -0.39 is 0 Å². The van der Waals surface area contributed by atoms with Crippen molar-refractivity contribution in [2.45, 2.75) is 38.6 Å². The first-order valence-corrected chi connectivity index (χ1v) is 7.31. The van der Waals surface area contributed by atoms with Crippen molar-refractivity contribution in [3.05, 3.63) is 23.8 Å². The molecule has 0 saturated heterocycles. The summed E-state index contributed by atoms with van der Waals surface area (Å²) in [7, 11) is 3.60. The van der Waals surface area contributed by atoms with Crippen LogP contribution in [0.5, 0.6) is 11.5 Å². The normalized spacial score (nSPS) is 12.2. The van der Waals surface area contributed by atoms with Gasteiger partial charge in [-0.1, -0.05) is 12.5 Å². The zero-order chi connectivity index (χ0) is 14.8. The predicted molar refractivity (Wildman–Crippen MR) is 81.5 cm³/mol. The lowest BCUT2D eigenvalue weighted by Crippen LogP contribution is -2.12. The maximum Gasteiger partial charge on any atom is 0.161 e. The number of unbranched alkanes of at least 4 members (excludes halogenated alkanes) is 3. The van der Waals surface area contributed by atoms with Gasteiger partial charge in [0.15, 0.2) is 11.5 Å². The van der Waals surface area contributed by atoms with Gasteiger partial charge in [-0.15, -0.1) is 0 Å². The standard InChI is InChI=1S/C16H27NO3/c1-13(17-2)14-8-9-15(16(12-14)19-3)20-11-7-5-4-6-10-18/h8-9,12-13,17-18H,4-7,10-11H2,1-3H3. The molecule has 0 amide bonds. The fourth-order valence-corrected chi connectivity index (χ4v) is 1.99. The van der Waals surface area contributed by atoms with E-state index in [0.29, 0.717) is 6.61 Å². The van der Waals surface area contributed by atoms with Gasteiger partial charge in [0.2, 0.25) is 0 Å². The number of hydrogen-bond donors (Lipinski definition) is 2. The second kappa shape index (κ2) is 9.61. The third-order valence-electron chi connectivity index (χ3n) is 3.43. The number of methoxy groups -OCH3 is 1. The van der Waals surface area contributed by atoms with Gasteiger partial charge in [-0.2, -0.15) is 0 Å². The average molecular weight is 281 g/mol. The minimum atomic E-state index is 0.278. The van der Waals surface area contributed by atoms with Crippen molar-refractivity contribution < 1.29 is 14.6 Å². The van der Waals surface area contributed by atoms with Crippen LogP contribution in [0.1, 0.15) is 44.2 Å². The first-order valence-electron chi connectivity index (χ1n) is 7.31. The Balaban J connectivity index is 2.49. The minimum absolute atomic E-state index is 0.278. The highest BCUT2D eigenvalue weighted by Crippen LogP contribution is 2.30. The SMILES string of the molecule is CNC(C)c1ccc(OCCCCCCO)c(OC)c1. The Kier molecular flexibility index (Phi) is 8.07. The molecule has 0 bridgehead atoms. The highest BCUT2D eigenvalue weighted by atomic mass is 16.5. The highest BCUT2D eigenvalue weighted by Gasteiger charge is 2.09. The molecule has 0 heterocycles. The Labute approximate surface area is 122 Å². The summed E-state index contributed by atoms with van der Waals surface area (Å²) in [5.74, 6) is 1.57. The molecule has 0 saturated carbocycles. The van der Waals surface area contributed by atoms with Gasteiger partial charge in [0.05, 0.1) is 13.7 Å². The monoisotopic (exact) mass is 281 g/mol. The lowest BCUT2D eigenvalue weighted by atomic mass is 10.1. The largest absolute Gasteiger partial charge is 0.493 e. The lowest BCUT2D eigenvalue weighted by molar-refractivity contribution is 0.268. The van der Waals surface area contributed by atoms with E-state index in [0.717, 1.165) is 37.2 Å². The summed E-state index contributed by atoms with van der Waals surface area (Å²) in [6.07, 6.45) is 4.01. The summed E-state index contributed by atoms with van der Waals surface area (Å²) in [5, 5.41) is 11.9. The molecule has 0 aliphatic carbocycles. The molecule has 4 nitrogen and oxygen atoms in total. The first-order chi connectivity index (χ1) is 9.72. The van der Waals surface area contributed by atoms with E-state index in [1.165, 1.54) is 5.56 Å². The molecule has 0 fully saturated rings. The quantitative estimate of drug-likeness (QED) is 0.647. The Hall–Kier alpha value is -1.26. The first kappa shape index (κ1) is 16.8. The number of nitrogens with one attached hydrogen (secondary N) is 1. The van der Waals surface area contributed by atoms with E-state index in [2.05, 4.69) is 18.3 Å². The zero-order valence-electron chi connectivity index (χ0n) is 12.8. The van der Waals surface area contributed by atoms with Crippen LogP contribution in [-0.4, -0.2) is 32.5 Å². The van der Waals surface area contributed by atoms with Crippen molar-refractivity contribution in [3.8, 4) is 11.5 Å². The molecular formula is C16H27NO3. The maximum atomic E-state index is 8.71. The van der Waals surface area contributed by atoms with Crippen LogP contribution >= 0.6 is 0 Å². The number of rotatable bonds is 10. The molecule has 1 unspecified atom stereocenters. The summed E-state index contributed by atoms with van der Waals surface area (Å²) in [4.78, 5) is 0. The number of aliphatic hydroxyl groups excluding tert-OH is 1. The molecule has 0 aliphatic rings. The molecule has 0 aliphatic heterocycles. The van der Waals surface area contributed by atoms with E-state index in [1.54, 1.807) is 7.11 Å². The van der Waals surface area contributed by atoms with E-state index in [4.69, 9.17) is 14.6 Å². The van der Waals surface area contributed by atoms with Gasteiger partial charge in [-0.05, 0) is 50.9 Å². The van der Waals surface area contributed by atoms with Gasteiger partial charge in [-0.3, -0.25) is 0 Å². The molecule has 2 N–H and O–H groups in total. The van der Waals surface area contributed by atoms with Crippen LogP contribution < -0.4 is 14.8 Å². The van der Waals surface area contributed by atoms with Crippen LogP contribution in [0.4, 0.5) is 0 Å². The van der Waals surface area contributed by atoms with Crippen LogP contribution in [-0.2, 0) is 0 Å². The van der Waals surface area contributed by atoms with Crippen molar-refractivity contribution >= 4 is 0 Å². The van der Waals surface area contributed by atoms with Crippen molar-refractivity contribution in [1.29, 1.82) is 0 Å². The molecule has 1 aromatic carbocycles. The van der Waals surface area contributed by atoms with Gasteiger partial charge >= 0.3 is 0 Å². The summed E-state index contributed by atoms with van der Waals surface area (Å²) < 4.78 is 11.2. The summed E-state index contributed by atoms with van der Waals surface area (Å²) in [6.45, 7) is 3.07. The summed E-state index contributed by atoms with van der Waals surface area (Å²) >= 11 is 0. The topological polar surface area (TPSA) is 50.7 Å². The minimum Gasteiger partial charge on any atom is -0.493 e. The van der Waals surface area contributed by atoms with Gasteiger partial charge in [-0.25, -0.2) is 0 Å². The van der Waals surface area contributed by atoms with Crippen molar-refractivity contribution in [1.82, 2.24) is 5.32 Å². The van der Waals surface area contributed by atoms with Crippen LogP contribution in [0.2, 0.25) is 0 Å². The Bertz CT molecular complexity index is 382. The van der Waals surface area contributed by atoms with Crippen LogP contribution in [0.25, 0.3) is 0 Å². The summed E-state index contributed by atoms with van der Waals surface area (Å²) in [5.41, 5.74) is 1.18. The fourth-order valence-electron chi connectivity index (χ4n) is 1.99. The van der Waals surface area contributed by atoms with Crippen molar-refractivity contribution in [3.63, 3.8) is 0 Å². The number of benzene rings is 1. The fraction of sp³-hybridized carbons (Fsp3) is 0.625. The number of ether oxygens (including phenoxy) is 2. The van der Waals surface area contributed by atoms with Crippen LogP contribution in [0, 0.1) is 0 Å². The van der Waals surface area contributed by atoms with E-state index in [9.17, 15) is 0 Å². The van der Waals surface area contributed by atoms with Gasteiger partial charge in [0, 0.05) is 12.6 Å². The maximum absolute atomic E-state index is 8.71. The summed E-state index contributed by atoms with van der Waals surface area (Å²) in [6, 6.07) is 6.33. The number of aliphatic hydroxyl groups is 1. The third kappa shape index (κ3) is 5.39. The van der Waals surface area contributed by atoms with Gasteiger partial charge in [0.25, 0.3) is 0 Å². The zero-order valence-corrected chi connectivity index (χ0v) is 12.8.